The molecule has 1 aromatic heterocycles. The van der Waals surface area contributed by atoms with Gasteiger partial charge in [0.15, 0.2) is 17.3 Å². The van der Waals surface area contributed by atoms with E-state index in [2.05, 4.69) is 13.8 Å². The van der Waals surface area contributed by atoms with Gasteiger partial charge in [-0.1, -0.05) is 20.8 Å². The van der Waals surface area contributed by atoms with Crippen molar-refractivity contribution in [1.29, 1.82) is 0 Å². The number of Topliss-reactive ketones (excluding diaryl/α,β-unsaturated/α-hetero) is 1. The van der Waals surface area contributed by atoms with Gasteiger partial charge in [0, 0.05) is 23.4 Å². The van der Waals surface area contributed by atoms with Crippen LogP contribution >= 0.6 is 0 Å². The van der Waals surface area contributed by atoms with E-state index >= 15 is 0 Å². The molecule has 0 amide bonds. The summed E-state index contributed by atoms with van der Waals surface area (Å²) in [7, 11) is 0. The second kappa shape index (κ2) is 8.68. The zero-order chi connectivity index (χ0) is 21.1. The van der Waals surface area contributed by atoms with Crippen molar-refractivity contribution in [2.24, 2.45) is 5.92 Å². The molecule has 0 bridgehead atoms. The molecule has 0 spiro atoms. The fourth-order valence-corrected chi connectivity index (χ4v) is 3.08. The van der Waals surface area contributed by atoms with Crippen molar-refractivity contribution in [3.05, 3.63) is 47.8 Å². The molecule has 5 heteroatoms. The highest BCUT2D eigenvalue weighted by atomic mass is 19.1. The van der Waals surface area contributed by atoms with Gasteiger partial charge < -0.3 is 13.9 Å². The maximum Gasteiger partial charge on any atom is 0.167 e. The number of halogens is 1. The third kappa shape index (κ3) is 4.61. The SMILES string of the molecule is CCC(=O)c1c(-c2ccc(F)cc2)oc2cc(OCC(C)C)c(OC(C)C)cc12. The summed E-state index contributed by atoms with van der Waals surface area (Å²) in [5.41, 5.74) is 1.67. The van der Waals surface area contributed by atoms with E-state index in [0.29, 0.717) is 58.3 Å². The quantitative estimate of drug-likeness (QED) is 0.398. The number of carbonyl (C=O) groups excluding carboxylic acids is 1. The molecule has 0 radical (unpaired) electrons. The van der Waals surface area contributed by atoms with Crippen LogP contribution in [0.15, 0.2) is 40.8 Å². The number of fused-ring (bicyclic) bond motifs is 1. The predicted octanol–water partition coefficient (Wildman–Crippen LogP) is 6.65. The Morgan fingerprint density at radius 1 is 1.07 bits per heavy atom. The van der Waals surface area contributed by atoms with E-state index in [0.717, 1.165) is 0 Å². The van der Waals surface area contributed by atoms with Crippen LogP contribution in [0.3, 0.4) is 0 Å². The van der Waals surface area contributed by atoms with Crippen molar-refractivity contribution in [3.63, 3.8) is 0 Å². The van der Waals surface area contributed by atoms with Gasteiger partial charge in [0.05, 0.1) is 18.3 Å². The Kier molecular flexibility index (Phi) is 6.26. The molecule has 4 nitrogen and oxygen atoms in total. The van der Waals surface area contributed by atoms with E-state index in [1.807, 2.05) is 19.9 Å². The predicted molar refractivity (Wildman–Crippen MR) is 112 cm³/mol. The van der Waals surface area contributed by atoms with Crippen molar-refractivity contribution in [2.45, 2.75) is 47.1 Å². The molecular formula is C24H27FO4. The van der Waals surface area contributed by atoms with Crippen molar-refractivity contribution < 1.29 is 23.1 Å². The normalized spacial score (nSPS) is 11.4. The maximum atomic E-state index is 13.4. The van der Waals surface area contributed by atoms with Gasteiger partial charge in [-0.05, 0) is 50.1 Å². The van der Waals surface area contributed by atoms with Crippen LogP contribution in [-0.4, -0.2) is 18.5 Å². The van der Waals surface area contributed by atoms with Gasteiger partial charge in [-0.3, -0.25) is 4.79 Å². The Balaban J connectivity index is 2.21. The first-order valence-corrected chi connectivity index (χ1v) is 9.99. The molecule has 0 N–H and O–H groups in total. The van der Waals surface area contributed by atoms with E-state index in [9.17, 15) is 9.18 Å². The van der Waals surface area contributed by atoms with E-state index in [1.54, 1.807) is 25.1 Å². The third-order valence-electron chi connectivity index (χ3n) is 4.40. The molecule has 0 aliphatic heterocycles. The Bertz CT molecular complexity index is 1000. The molecule has 1 heterocycles. The number of rotatable bonds is 8. The van der Waals surface area contributed by atoms with Crippen molar-refractivity contribution in [3.8, 4) is 22.8 Å². The standard InChI is InChI=1S/C24H27FO4/c1-6-19(26)23-18-11-22(28-15(4)5)21(27-13-14(2)3)12-20(18)29-24(23)16-7-9-17(25)10-8-16/h7-12,14-15H,6,13H2,1-5H3. The summed E-state index contributed by atoms with van der Waals surface area (Å²) in [6, 6.07) is 9.52. The van der Waals surface area contributed by atoms with Crippen LogP contribution in [0, 0.1) is 11.7 Å². The summed E-state index contributed by atoms with van der Waals surface area (Å²) in [5, 5.41) is 0.670. The zero-order valence-electron chi connectivity index (χ0n) is 17.5. The lowest BCUT2D eigenvalue weighted by Crippen LogP contribution is -2.10. The van der Waals surface area contributed by atoms with Gasteiger partial charge >= 0.3 is 0 Å². The Morgan fingerprint density at radius 2 is 1.76 bits per heavy atom. The van der Waals surface area contributed by atoms with Crippen LogP contribution in [0.2, 0.25) is 0 Å². The number of furan rings is 1. The fraction of sp³-hybridized carbons (Fsp3) is 0.375. The van der Waals surface area contributed by atoms with Gasteiger partial charge in [-0.25, -0.2) is 4.39 Å². The first-order chi connectivity index (χ1) is 13.8. The van der Waals surface area contributed by atoms with Crippen LogP contribution in [0.5, 0.6) is 11.5 Å². The third-order valence-corrected chi connectivity index (χ3v) is 4.40. The molecule has 0 aliphatic carbocycles. The number of ether oxygens (including phenoxy) is 2. The molecule has 0 unspecified atom stereocenters. The fourth-order valence-electron chi connectivity index (χ4n) is 3.08. The van der Waals surface area contributed by atoms with Crippen LogP contribution in [0.25, 0.3) is 22.3 Å². The number of hydrogen-bond donors (Lipinski definition) is 0. The van der Waals surface area contributed by atoms with Crippen LogP contribution in [-0.2, 0) is 0 Å². The van der Waals surface area contributed by atoms with Crippen molar-refractivity contribution >= 4 is 16.8 Å². The molecule has 0 atom stereocenters. The lowest BCUT2D eigenvalue weighted by atomic mass is 10.0. The molecule has 0 fully saturated rings. The van der Waals surface area contributed by atoms with Crippen LogP contribution < -0.4 is 9.47 Å². The molecular weight excluding hydrogens is 371 g/mol. The minimum atomic E-state index is -0.342. The smallest absolute Gasteiger partial charge is 0.167 e. The van der Waals surface area contributed by atoms with Gasteiger partial charge in [-0.15, -0.1) is 0 Å². The highest BCUT2D eigenvalue weighted by Crippen LogP contribution is 2.41. The van der Waals surface area contributed by atoms with E-state index in [-0.39, 0.29) is 17.7 Å². The van der Waals surface area contributed by atoms with Crippen LogP contribution in [0.1, 0.15) is 51.4 Å². The number of ketones is 1. The first kappa shape index (κ1) is 20.9. The average Bonchev–Trinajstić information content (AvgIpc) is 3.03. The summed E-state index contributed by atoms with van der Waals surface area (Å²) < 4.78 is 31.4. The number of carbonyl (C=O) groups is 1. The monoisotopic (exact) mass is 398 g/mol. The molecule has 0 saturated carbocycles. The summed E-state index contributed by atoms with van der Waals surface area (Å²) in [5.74, 6) is 1.55. The molecule has 2 aromatic carbocycles. The first-order valence-electron chi connectivity index (χ1n) is 9.99. The zero-order valence-corrected chi connectivity index (χ0v) is 17.5. The van der Waals surface area contributed by atoms with Gasteiger partial charge in [0.2, 0.25) is 0 Å². The summed E-state index contributed by atoms with van der Waals surface area (Å²) >= 11 is 0. The second-order valence-electron chi connectivity index (χ2n) is 7.76. The van der Waals surface area contributed by atoms with Crippen molar-refractivity contribution in [2.75, 3.05) is 6.61 Å². The van der Waals surface area contributed by atoms with E-state index in [1.165, 1.54) is 12.1 Å². The average molecular weight is 398 g/mol. The van der Waals surface area contributed by atoms with Gasteiger partial charge in [0.1, 0.15) is 17.2 Å². The topological polar surface area (TPSA) is 48.7 Å². The molecule has 29 heavy (non-hydrogen) atoms. The van der Waals surface area contributed by atoms with Gasteiger partial charge in [0.25, 0.3) is 0 Å². The molecule has 154 valence electrons. The van der Waals surface area contributed by atoms with E-state index in [4.69, 9.17) is 13.9 Å². The number of benzene rings is 2. The Labute approximate surface area is 170 Å². The lowest BCUT2D eigenvalue weighted by molar-refractivity contribution is 0.0989. The minimum absolute atomic E-state index is 0.0468. The second-order valence-corrected chi connectivity index (χ2v) is 7.76. The summed E-state index contributed by atoms with van der Waals surface area (Å²) in [6.07, 6.45) is 0.275. The highest BCUT2D eigenvalue weighted by Gasteiger charge is 2.24. The van der Waals surface area contributed by atoms with E-state index < -0.39 is 0 Å². The summed E-state index contributed by atoms with van der Waals surface area (Å²) in [6.45, 7) is 10.4. The highest BCUT2D eigenvalue weighted by molar-refractivity contribution is 6.12. The lowest BCUT2D eigenvalue weighted by Gasteiger charge is -2.16. The number of hydrogen-bond acceptors (Lipinski definition) is 4. The van der Waals surface area contributed by atoms with Crippen molar-refractivity contribution in [1.82, 2.24) is 0 Å². The maximum absolute atomic E-state index is 13.4. The minimum Gasteiger partial charge on any atom is -0.489 e. The van der Waals surface area contributed by atoms with Gasteiger partial charge in [-0.2, -0.15) is 0 Å². The largest absolute Gasteiger partial charge is 0.489 e. The molecule has 3 rings (SSSR count). The Morgan fingerprint density at radius 3 is 2.34 bits per heavy atom. The molecule has 0 saturated heterocycles. The Hall–Kier alpha value is -2.82. The van der Waals surface area contributed by atoms with Crippen LogP contribution in [0.4, 0.5) is 4.39 Å². The summed E-state index contributed by atoms with van der Waals surface area (Å²) in [4.78, 5) is 12.8. The molecule has 0 aliphatic rings. The molecule has 3 aromatic rings.